The fraction of sp³-hybridized carbons (Fsp3) is 0.857. The van der Waals surface area contributed by atoms with Gasteiger partial charge in [-0.05, 0) is 51.6 Å². The Hall–Kier alpha value is -3.86. The molecular weight excluding hydrogens is 1100 g/mol. The van der Waals surface area contributed by atoms with Crippen LogP contribution in [0.4, 0.5) is 0 Å². The number of aliphatic hydroxyl groups is 4. The minimum atomic E-state index is -1.50. The number of amides is 8. The molecule has 0 aliphatic heterocycles. The Morgan fingerprint density at radius 1 is 0.341 bits per heavy atom. The highest BCUT2D eigenvalue weighted by Crippen LogP contribution is 2.14. The zero-order chi connectivity index (χ0) is 61.2. The van der Waals surface area contributed by atoms with Crippen molar-refractivity contribution in [2.45, 2.75) is 229 Å². The van der Waals surface area contributed by atoms with Gasteiger partial charge in [0.25, 0.3) is 0 Å². The summed E-state index contributed by atoms with van der Waals surface area (Å²) in [6.45, 7) is 2.65. The number of thioether (sulfide) groups is 2. The number of carbonyl (C=O) groups excluding carboxylic acids is 8. The molecule has 82 heavy (non-hydrogen) atoms. The highest BCUT2D eigenvalue weighted by atomic mass is 32.2. The van der Waals surface area contributed by atoms with Gasteiger partial charge in [0.05, 0.1) is 38.5 Å². The van der Waals surface area contributed by atoms with Crippen molar-refractivity contribution < 1.29 is 58.8 Å². The molecule has 0 bridgehead atoms. The van der Waals surface area contributed by atoms with E-state index in [2.05, 4.69) is 56.4 Å². The van der Waals surface area contributed by atoms with Gasteiger partial charge < -0.3 is 85.9 Å². The molecule has 0 aliphatic carbocycles. The predicted molar refractivity (Wildman–Crippen MR) is 326 cm³/mol. The topological polar surface area (TPSA) is 418 Å². The second kappa shape index (κ2) is 52.7. The quantitative estimate of drug-likeness (QED) is 0.0365. The molecule has 0 aliphatic rings. The zero-order valence-electron chi connectivity index (χ0n) is 49.7. The maximum absolute atomic E-state index is 13.8. The smallest absolute Gasteiger partial charge is 0.245 e. The Morgan fingerprint density at radius 2 is 0.598 bits per heavy atom. The third-order valence-corrected chi connectivity index (χ3v) is 16.1. The maximum Gasteiger partial charge on any atom is 0.245 e. The summed E-state index contributed by atoms with van der Waals surface area (Å²) in [5.41, 5.74) is 23.1. The number of nitrogens with two attached hydrogens (primary N) is 4. The lowest BCUT2D eigenvalue weighted by Crippen LogP contribution is -2.59. The van der Waals surface area contributed by atoms with Gasteiger partial charge in [0.1, 0.15) is 36.3 Å². The standard InChI is InChI=1S/C56H110N12O12S2/c1-3-5-7-9-11-13-15-17-19-25-31-61-51(75)43(35-69)65-55(79)47(67-53(77)45(37-71)63-49(73)41(59)27-21-23-29-57)39-81-33-34-82-40-48(68-54(78)46(38-72)64-50(74)42(60)28-22-24-30-58)56(80)66-44(36-70)52(76)62-32-26-20-18-16-14-12-10-8-6-4-2/h41-48,69-72H,3-40,57-60H2,1-2H3,(H,61,75)(H,62,76)(H,63,73)(H,64,74)(H,65,79)(H,66,80)(H,67,77)(H,68,78)/t41?,42?,43-,44-,45?,46?,47?,48?/m0/s1. The molecule has 0 heterocycles. The molecule has 0 saturated heterocycles. The number of hydrogen-bond acceptors (Lipinski definition) is 18. The van der Waals surface area contributed by atoms with Crippen LogP contribution in [0.1, 0.15) is 181 Å². The molecule has 0 fully saturated rings. The monoisotopic (exact) mass is 1210 g/mol. The van der Waals surface area contributed by atoms with Crippen molar-refractivity contribution in [1.82, 2.24) is 42.5 Å². The highest BCUT2D eigenvalue weighted by Gasteiger charge is 2.32. The second-order valence-corrected chi connectivity index (χ2v) is 23.3. The van der Waals surface area contributed by atoms with E-state index in [0.29, 0.717) is 64.7 Å². The third kappa shape index (κ3) is 38.9. The van der Waals surface area contributed by atoms with Gasteiger partial charge in [-0.1, -0.05) is 142 Å². The summed E-state index contributed by atoms with van der Waals surface area (Å²) in [5, 5.41) is 61.1. The van der Waals surface area contributed by atoms with Crippen molar-refractivity contribution in [3.05, 3.63) is 0 Å². The summed E-state index contributed by atoms with van der Waals surface area (Å²) in [5.74, 6) is -5.85. The van der Waals surface area contributed by atoms with E-state index in [9.17, 15) is 58.8 Å². The van der Waals surface area contributed by atoms with Gasteiger partial charge in [-0.2, -0.15) is 23.5 Å². The molecule has 0 radical (unpaired) electrons. The fourth-order valence-corrected chi connectivity index (χ4v) is 10.7. The van der Waals surface area contributed by atoms with Crippen LogP contribution >= 0.6 is 23.5 Å². The Balaban J connectivity index is 6.07. The van der Waals surface area contributed by atoms with Crippen molar-refractivity contribution >= 4 is 70.8 Å². The summed E-state index contributed by atoms with van der Waals surface area (Å²) in [6, 6.07) is -10.5. The molecule has 0 aromatic rings. The average Bonchev–Trinajstić information content (AvgIpc) is 3.46. The summed E-state index contributed by atoms with van der Waals surface area (Å²) in [6.07, 6.45) is 25.0. The van der Waals surface area contributed by atoms with Gasteiger partial charge in [0, 0.05) is 36.1 Å². The molecule has 0 spiro atoms. The molecule has 0 aromatic carbocycles. The van der Waals surface area contributed by atoms with Crippen LogP contribution in [0, 0.1) is 0 Å². The minimum absolute atomic E-state index is 0.111. The van der Waals surface area contributed by atoms with Crippen LogP contribution in [0.3, 0.4) is 0 Å². The molecular formula is C56H110N12O12S2. The van der Waals surface area contributed by atoms with Crippen LogP contribution in [-0.4, -0.2) is 192 Å². The Kier molecular flexibility index (Phi) is 50.2. The van der Waals surface area contributed by atoms with Gasteiger partial charge in [0.2, 0.25) is 47.3 Å². The lowest BCUT2D eigenvalue weighted by atomic mass is 10.1. The number of aliphatic hydroxyl groups excluding tert-OH is 4. The van der Waals surface area contributed by atoms with Crippen molar-refractivity contribution in [3.8, 4) is 0 Å². The first-order valence-corrected chi connectivity index (χ1v) is 32.8. The number of carbonyl (C=O) groups is 8. The first kappa shape index (κ1) is 78.1. The lowest BCUT2D eigenvalue weighted by molar-refractivity contribution is -0.134. The van der Waals surface area contributed by atoms with Crippen LogP contribution < -0.4 is 65.5 Å². The van der Waals surface area contributed by atoms with E-state index in [4.69, 9.17) is 22.9 Å². The molecule has 0 rings (SSSR count). The molecule has 6 unspecified atom stereocenters. The van der Waals surface area contributed by atoms with Crippen LogP contribution in [0.5, 0.6) is 0 Å². The van der Waals surface area contributed by atoms with Gasteiger partial charge >= 0.3 is 0 Å². The van der Waals surface area contributed by atoms with E-state index >= 15 is 0 Å². The van der Waals surface area contributed by atoms with Gasteiger partial charge in [-0.3, -0.25) is 38.4 Å². The average molecular weight is 1210 g/mol. The van der Waals surface area contributed by atoms with E-state index in [1.807, 2.05) is 0 Å². The SMILES string of the molecule is CCCCCCCCCCCCNC(=O)[C@H](CO)NC(=O)C(CSCCSCC(NC(=O)C(CO)NC(=O)C(N)CCCCN)C(=O)N[C@@H](CO)C(=O)NCCCCCCCCCCCC)NC(=O)C(CO)NC(=O)C(N)CCCCN. The van der Waals surface area contributed by atoms with Gasteiger partial charge in [-0.25, -0.2) is 0 Å². The Labute approximate surface area is 497 Å². The normalized spacial score (nSPS) is 14.2. The molecule has 8 amide bonds. The molecule has 24 nitrogen and oxygen atoms in total. The van der Waals surface area contributed by atoms with E-state index < -0.39 is 122 Å². The van der Waals surface area contributed by atoms with E-state index in [1.165, 1.54) is 87.7 Å². The van der Waals surface area contributed by atoms with E-state index in [-0.39, 0.29) is 35.9 Å². The summed E-state index contributed by atoms with van der Waals surface area (Å²) in [4.78, 5) is 107. The van der Waals surface area contributed by atoms with Crippen molar-refractivity contribution in [2.75, 3.05) is 75.6 Å². The van der Waals surface area contributed by atoms with Crippen LogP contribution in [0.25, 0.3) is 0 Å². The van der Waals surface area contributed by atoms with E-state index in [1.54, 1.807) is 0 Å². The number of rotatable bonds is 55. The Morgan fingerprint density at radius 3 is 0.890 bits per heavy atom. The van der Waals surface area contributed by atoms with Gasteiger partial charge in [0.15, 0.2) is 0 Å². The molecule has 0 saturated carbocycles. The summed E-state index contributed by atoms with van der Waals surface area (Å²) >= 11 is 2.35. The minimum Gasteiger partial charge on any atom is -0.394 e. The van der Waals surface area contributed by atoms with Crippen LogP contribution in [0.15, 0.2) is 0 Å². The lowest BCUT2D eigenvalue weighted by Gasteiger charge is -2.25. The zero-order valence-corrected chi connectivity index (χ0v) is 51.3. The maximum atomic E-state index is 13.8. The summed E-state index contributed by atoms with van der Waals surface area (Å²) in [7, 11) is 0. The van der Waals surface area contributed by atoms with Crippen molar-refractivity contribution in [3.63, 3.8) is 0 Å². The van der Waals surface area contributed by atoms with Crippen molar-refractivity contribution in [2.24, 2.45) is 22.9 Å². The van der Waals surface area contributed by atoms with E-state index in [0.717, 1.165) is 51.4 Å². The number of unbranched alkanes of at least 4 members (excludes halogenated alkanes) is 20. The number of nitrogens with one attached hydrogen (secondary N) is 8. The van der Waals surface area contributed by atoms with Crippen LogP contribution in [-0.2, 0) is 38.4 Å². The first-order valence-electron chi connectivity index (χ1n) is 30.5. The number of hydrogen-bond donors (Lipinski definition) is 16. The molecule has 26 heteroatoms. The highest BCUT2D eigenvalue weighted by molar-refractivity contribution is 8.03. The first-order chi connectivity index (χ1) is 39.6. The molecule has 20 N–H and O–H groups in total. The van der Waals surface area contributed by atoms with Crippen LogP contribution in [0.2, 0.25) is 0 Å². The predicted octanol–water partition coefficient (Wildman–Crippen LogP) is 0.318. The Bertz CT molecular complexity index is 1610. The largest absolute Gasteiger partial charge is 0.394 e. The third-order valence-electron chi connectivity index (χ3n) is 13.7. The van der Waals surface area contributed by atoms with Crippen molar-refractivity contribution in [1.29, 1.82) is 0 Å². The molecule has 0 aromatic heterocycles. The molecule has 478 valence electrons. The molecule has 8 atom stereocenters. The fourth-order valence-electron chi connectivity index (χ4n) is 8.48. The summed E-state index contributed by atoms with van der Waals surface area (Å²) < 4.78 is 0. The van der Waals surface area contributed by atoms with Gasteiger partial charge in [-0.15, -0.1) is 0 Å². The second-order valence-electron chi connectivity index (χ2n) is 21.0.